The maximum Gasteiger partial charge on any atom is 0.271 e. The fourth-order valence-corrected chi connectivity index (χ4v) is 2.49. The Labute approximate surface area is 160 Å². The zero-order valence-electron chi connectivity index (χ0n) is 14.1. The Morgan fingerprint density at radius 2 is 1.85 bits per heavy atom. The molecule has 3 rings (SSSR count). The number of aromatic nitrogens is 1. The fourth-order valence-electron chi connectivity index (χ4n) is 2.26. The van der Waals surface area contributed by atoms with Gasteiger partial charge in [-0.3, -0.25) is 14.6 Å². The van der Waals surface area contributed by atoms with Crippen LogP contribution in [0.5, 0.6) is 0 Å². The number of carbonyl (C=O) groups excluding carboxylic acids is 2. The summed E-state index contributed by atoms with van der Waals surface area (Å²) in [6.45, 7) is 0. The number of halogens is 1. The Kier molecular flexibility index (Phi) is 5.91. The van der Waals surface area contributed by atoms with E-state index in [0.29, 0.717) is 21.8 Å². The lowest BCUT2D eigenvalue weighted by Crippen LogP contribution is -2.18. The van der Waals surface area contributed by atoms with Crippen molar-refractivity contribution in [1.29, 1.82) is 0 Å². The molecule has 0 aliphatic carbocycles. The smallest absolute Gasteiger partial charge is 0.271 e. The van der Waals surface area contributed by atoms with Crippen LogP contribution in [-0.4, -0.2) is 23.0 Å². The Hall–Kier alpha value is -3.51. The molecule has 3 aromatic rings. The average Bonchev–Trinajstić information content (AvgIpc) is 2.69. The molecule has 0 saturated heterocycles. The number of hydrazone groups is 1. The molecule has 27 heavy (non-hydrogen) atoms. The first-order valence-electron chi connectivity index (χ1n) is 8.03. The van der Waals surface area contributed by atoms with Gasteiger partial charge in [0.2, 0.25) is 0 Å². The molecule has 2 N–H and O–H groups in total. The van der Waals surface area contributed by atoms with Crippen LogP contribution in [0.25, 0.3) is 0 Å². The van der Waals surface area contributed by atoms with Gasteiger partial charge in [0.15, 0.2) is 0 Å². The highest BCUT2D eigenvalue weighted by molar-refractivity contribution is 6.34. The summed E-state index contributed by atoms with van der Waals surface area (Å²) in [5.74, 6) is -0.753. The van der Waals surface area contributed by atoms with E-state index < -0.39 is 5.91 Å². The van der Waals surface area contributed by atoms with Crippen LogP contribution in [0, 0.1) is 0 Å². The van der Waals surface area contributed by atoms with Crippen LogP contribution in [0.2, 0.25) is 5.02 Å². The van der Waals surface area contributed by atoms with Crippen molar-refractivity contribution in [2.24, 2.45) is 5.10 Å². The second-order valence-corrected chi connectivity index (χ2v) is 5.91. The van der Waals surface area contributed by atoms with E-state index >= 15 is 0 Å². The van der Waals surface area contributed by atoms with E-state index in [1.54, 1.807) is 67.0 Å². The maximum atomic E-state index is 12.3. The van der Waals surface area contributed by atoms with Crippen LogP contribution < -0.4 is 10.7 Å². The van der Waals surface area contributed by atoms with E-state index in [1.165, 1.54) is 6.21 Å². The quantitative estimate of drug-likeness (QED) is 0.524. The number of anilines is 1. The second-order valence-electron chi connectivity index (χ2n) is 5.50. The average molecular weight is 379 g/mol. The summed E-state index contributed by atoms with van der Waals surface area (Å²) < 4.78 is 0. The SMILES string of the molecule is O=C(NN=Cc1cccnc1)c1cccc(NC(=O)c2ccccc2Cl)c1. The number of nitrogens with zero attached hydrogens (tertiary/aromatic N) is 2. The van der Waals surface area contributed by atoms with Gasteiger partial charge in [-0.05, 0) is 36.4 Å². The van der Waals surface area contributed by atoms with Gasteiger partial charge in [0, 0.05) is 29.2 Å². The van der Waals surface area contributed by atoms with Gasteiger partial charge in [0.1, 0.15) is 0 Å². The van der Waals surface area contributed by atoms with Gasteiger partial charge in [0.25, 0.3) is 11.8 Å². The summed E-state index contributed by atoms with van der Waals surface area (Å²) in [7, 11) is 0. The Morgan fingerprint density at radius 1 is 1.00 bits per heavy atom. The molecule has 0 bridgehead atoms. The lowest BCUT2D eigenvalue weighted by molar-refractivity contribution is 0.0953. The number of pyridine rings is 1. The minimum atomic E-state index is -0.399. The molecule has 0 radical (unpaired) electrons. The van der Waals surface area contributed by atoms with Gasteiger partial charge >= 0.3 is 0 Å². The Bertz CT molecular complexity index is 990. The number of hydrogen-bond acceptors (Lipinski definition) is 4. The van der Waals surface area contributed by atoms with Crippen molar-refractivity contribution < 1.29 is 9.59 Å². The van der Waals surface area contributed by atoms with Crippen LogP contribution in [0.3, 0.4) is 0 Å². The van der Waals surface area contributed by atoms with E-state index in [-0.39, 0.29) is 5.91 Å². The predicted molar refractivity (Wildman–Crippen MR) is 105 cm³/mol. The first-order chi connectivity index (χ1) is 13.1. The summed E-state index contributed by atoms with van der Waals surface area (Å²) in [6, 6.07) is 16.9. The van der Waals surface area contributed by atoms with E-state index in [1.807, 2.05) is 6.07 Å². The topological polar surface area (TPSA) is 83.4 Å². The molecule has 0 fully saturated rings. The van der Waals surface area contributed by atoms with E-state index in [0.717, 1.165) is 5.56 Å². The number of nitrogens with one attached hydrogen (secondary N) is 2. The maximum absolute atomic E-state index is 12.3. The van der Waals surface area contributed by atoms with Crippen molar-refractivity contribution >= 4 is 35.3 Å². The van der Waals surface area contributed by atoms with Crippen LogP contribution in [-0.2, 0) is 0 Å². The van der Waals surface area contributed by atoms with Crippen LogP contribution in [0.1, 0.15) is 26.3 Å². The van der Waals surface area contributed by atoms with E-state index in [4.69, 9.17) is 11.6 Å². The number of rotatable bonds is 5. The minimum absolute atomic E-state index is 0.354. The lowest BCUT2D eigenvalue weighted by Gasteiger charge is -2.08. The van der Waals surface area contributed by atoms with Gasteiger partial charge in [-0.15, -0.1) is 0 Å². The largest absolute Gasteiger partial charge is 0.322 e. The molecule has 134 valence electrons. The predicted octanol–water partition coefficient (Wildman–Crippen LogP) is 3.75. The summed E-state index contributed by atoms with van der Waals surface area (Å²) in [4.78, 5) is 28.5. The third kappa shape index (κ3) is 4.99. The molecule has 7 heteroatoms. The van der Waals surface area contributed by atoms with Crippen LogP contribution in [0.4, 0.5) is 5.69 Å². The first kappa shape index (κ1) is 18.3. The summed E-state index contributed by atoms with van der Waals surface area (Å²) in [6.07, 6.45) is 4.77. The number of hydrogen-bond donors (Lipinski definition) is 2. The van der Waals surface area contributed by atoms with Crippen molar-refractivity contribution in [2.45, 2.75) is 0 Å². The zero-order valence-corrected chi connectivity index (χ0v) is 14.9. The molecule has 0 atom stereocenters. The molecule has 0 aliphatic rings. The summed E-state index contributed by atoms with van der Waals surface area (Å²) in [5.41, 5.74) is 4.39. The highest BCUT2D eigenvalue weighted by atomic mass is 35.5. The number of amides is 2. The second kappa shape index (κ2) is 8.73. The standard InChI is InChI=1S/C20H15ClN4O2/c21-18-9-2-1-8-17(18)20(27)24-16-7-3-6-15(11-16)19(26)25-23-13-14-5-4-10-22-12-14/h1-13H,(H,24,27)(H,25,26). The van der Waals surface area contributed by atoms with E-state index in [2.05, 4.69) is 20.8 Å². The third-order valence-corrected chi connectivity index (χ3v) is 3.89. The van der Waals surface area contributed by atoms with Crippen LogP contribution >= 0.6 is 11.6 Å². The molecule has 2 amide bonds. The Morgan fingerprint density at radius 3 is 2.63 bits per heavy atom. The normalized spacial score (nSPS) is 10.6. The van der Waals surface area contributed by atoms with Crippen LogP contribution in [0.15, 0.2) is 78.2 Å². The van der Waals surface area contributed by atoms with E-state index in [9.17, 15) is 9.59 Å². The molecular weight excluding hydrogens is 364 g/mol. The first-order valence-corrected chi connectivity index (χ1v) is 8.40. The lowest BCUT2D eigenvalue weighted by atomic mass is 10.1. The molecule has 0 saturated carbocycles. The van der Waals surface area contributed by atoms with Gasteiger partial charge in [-0.25, -0.2) is 5.43 Å². The van der Waals surface area contributed by atoms with Crippen molar-refractivity contribution in [3.63, 3.8) is 0 Å². The molecule has 0 spiro atoms. The highest BCUT2D eigenvalue weighted by Crippen LogP contribution is 2.18. The molecule has 6 nitrogen and oxygen atoms in total. The third-order valence-electron chi connectivity index (χ3n) is 3.57. The van der Waals surface area contributed by atoms with Crippen molar-refractivity contribution in [3.05, 3.63) is 94.8 Å². The van der Waals surface area contributed by atoms with Crippen molar-refractivity contribution in [1.82, 2.24) is 10.4 Å². The molecular formula is C20H15ClN4O2. The molecule has 2 aromatic carbocycles. The summed E-state index contributed by atoms with van der Waals surface area (Å²) >= 11 is 6.03. The molecule has 0 aliphatic heterocycles. The minimum Gasteiger partial charge on any atom is -0.322 e. The highest BCUT2D eigenvalue weighted by Gasteiger charge is 2.11. The monoisotopic (exact) mass is 378 g/mol. The molecule has 1 heterocycles. The van der Waals surface area contributed by atoms with Gasteiger partial charge in [-0.2, -0.15) is 5.10 Å². The Balaban J connectivity index is 1.66. The van der Waals surface area contributed by atoms with Gasteiger partial charge < -0.3 is 5.32 Å². The van der Waals surface area contributed by atoms with Gasteiger partial charge in [-0.1, -0.05) is 35.9 Å². The molecule has 0 unspecified atom stereocenters. The number of benzene rings is 2. The zero-order chi connectivity index (χ0) is 19.1. The number of carbonyl (C=O) groups is 2. The van der Waals surface area contributed by atoms with Gasteiger partial charge in [0.05, 0.1) is 16.8 Å². The van der Waals surface area contributed by atoms with Crippen molar-refractivity contribution in [3.8, 4) is 0 Å². The molecule has 1 aromatic heterocycles. The fraction of sp³-hybridized carbons (Fsp3) is 0. The summed E-state index contributed by atoms with van der Waals surface area (Å²) in [5, 5.41) is 6.98. The van der Waals surface area contributed by atoms with Crippen molar-refractivity contribution in [2.75, 3.05) is 5.32 Å².